The maximum atomic E-state index is 11.1. The molecular formula is C17H22NO3+. The minimum atomic E-state index is 0.294. The van der Waals surface area contributed by atoms with Crippen molar-refractivity contribution in [1.82, 2.24) is 0 Å². The van der Waals surface area contributed by atoms with Gasteiger partial charge in [0.15, 0.2) is 7.11 Å². The van der Waals surface area contributed by atoms with E-state index in [0.717, 1.165) is 16.9 Å². The molecule has 0 amide bonds. The summed E-state index contributed by atoms with van der Waals surface area (Å²) in [5.74, 6) is 0.786. The van der Waals surface area contributed by atoms with Crippen LogP contribution in [0, 0.1) is 4.91 Å². The number of rotatable bonds is 9. The number of nitrogens with zero attached hydrogens (tertiary/aromatic N) is 1. The van der Waals surface area contributed by atoms with Crippen molar-refractivity contribution in [2.75, 3.05) is 20.3 Å². The van der Waals surface area contributed by atoms with Crippen molar-refractivity contribution in [3.8, 4) is 5.75 Å². The third kappa shape index (κ3) is 6.56. The third-order valence-corrected chi connectivity index (χ3v) is 2.91. The van der Waals surface area contributed by atoms with Crippen LogP contribution in [0.2, 0.25) is 0 Å². The second-order valence-corrected chi connectivity index (χ2v) is 4.38. The van der Waals surface area contributed by atoms with Gasteiger partial charge in [-0.25, -0.2) is 4.84 Å². The van der Waals surface area contributed by atoms with Crippen LogP contribution in [0.4, 0.5) is 0 Å². The van der Waals surface area contributed by atoms with Crippen molar-refractivity contribution in [1.29, 1.82) is 0 Å². The van der Waals surface area contributed by atoms with Gasteiger partial charge in [-0.3, -0.25) is 0 Å². The van der Waals surface area contributed by atoms with Crippen LogP contribution in [0.25, 0.3) is 0 Å². The van der Waals surface area contributed by atoms with Gasteiger partial charge in [-0.2, -0.15) is 0 Å². The van der Waals surface area contributed by atoms with Crippen molar-refractivity contribution < 1.29 is 14.5 Å². The molecule has 1 aromatic carbocycles. The summed E-state index contributed by atoms with van der Waals surface area (Å²) in [5, 5.41) is 0. The SMILES string of the molecule is C=C/C=C\C(=C/C)COc1cccc(CC[N+](=O)OC)c1. The largest absolute Gasteiger partial charge is 0.489 e. The second kappa shape index (κ2) is 9.53. The van der Waals surface area contributed by atoms with E-state index in [0.29, 0.717) is 24.5 Å². The number of allylic oxidation sites excluding steroid dienone is 3. The van der Waals surface area contributed by atoms with Crippen molar-refractivity contribution in [2.24, 2.45) is 0 Å². The second-order valence-electron chi connectivity index (χ2n) is 4.38. The lowest BCUT2D eigenvalue weighted by molar-refractivity contribution is -0.795. The molecule has 1 aromatic rings. The average Bonchev–Trinajstić information content (AvgIpc) is 2.53. The molecule has 0 saturated heterocycles. The van der Waals surface area contributed by atoms with Crippen molar-refractivity contribution >= 4 is 0 Å². The lowest BCUT2D eigenvalue weighted by Crippen LogP contribution is -2.10. The number of hydrogen-bond donors (Lipinski definition) is 0. The Morgan fingerprint density at radius 3 is 2.90 bits per heavy atom. The lowest BCUT2D eigenvalue weighted by atomic mass is 10.1. The van der Waals surface area contributed by atoms with E-state index in [-0.39, 0.29) is 0 Å². The first-order valence-electron chi connectivity index (χ1n) is 6.84. The van der Waals surface area contributed by atoms with Crippen molar-refractivity contribution in [3.63, 3.8) is 0 Å². The normalized spacial score (nSPS) is 11.4. The van der Waals surface area contributed by atoms with E-state index in [9.17, 15) is 4.91 Å². The maximum Gasteiger partial charge on any atom is 0.252 e. The molecule has 1 rings (SSSR count). The van der Waals surface area contributed by atoms with Crippen LogP contribution in [0.5, 0.6) is 5.75 Å². The molecule has 0 atom stereocenters. The molecule has 0 aromatic heterocycles. The fourth-order valence-corrected chi connectivity index (χ4v) is 1.69. The van der Waals surface area contributed by atoms with Gasteiger partial charge in [-0.05, 0) is 30.2 Å². The molecule has 21 heavy (non-hydrogen) atoms. The van der Waals surface area contributed by atoms with Gasteiger partial charge in [0.05, 0.1) is 4.91 Å². The van der Waals surface area contributed by atoms with Crippen LogP contribution in [0.3, 0.4) is 0 Å². The summed E-state index contributed by atoms with van der Waals surface area (Å²) in [6.45, 7) is 6.40. The molecule has 112 valence electrons. The average molecular weight is 288 g/mol. The summed E-state index contributed by atoms with van der Waals surface area (Å²) in [6, 6.07) is 7.72. The van der Waals surface area contributed by atoms with Crippen LogP contribution in [0.15, 0.2) is 60.7 Å². The van der Waals surface area contributed by atoms with Gasteiger partial charge in [0, 0.05) is 6.42 Å². The summed E-state index contributed by atoms with van der Waals surface area (Å²) in [6.07, 6.45) is 8.18. The van der Waals surface area contributed by atoms with E-state index in [2.05, 4.69) is 11.4 Å². The smallest absolute Gasteiger partial charge is 0.252 e. The minimum absolute atomic E-state index is 0.294. The molecule has 0 radical (unpaired) electrons. The van der Waals surface area contributed by atoms with Crippen LogP contribution in [0.1, 0.15) is 12.5 Å². The summed E-state index contributed by atoms with van der Waals surface area (Å²) in [4.78, 5) is 16.2. The number of hydrogen-bond acceptors (Lipinski definition) is 3. The first kappa shape index (κ1) is 16.7. The first-order valence-corrected chi connectivity index (χ1v) is 6.84. The van der Waals surface area contributed by atoms with Gasteiger partial charge in [0.2, 0.25) is 4.92 Å². The fourth-order valence-electron chi connectivity index (χ4n) is 1.69. The first-order chi connectivity index (χ1) is 10.2. The quantitative estimate of drug-likeness (QED) is 0.514. The molecule has 4 nitrogen and oxygen atoms in total. The Morgan fingerprint density at radius 2 is 2.24 bits per heavy atom. The number of benzene rings is 1. The highest BCUT2D eigenvalue weighted by Gasteiger charge is 2.08. The number of ether oxygens (including phenoxy) is 1. The Bertz CT molecular complexity index is 533. The topological polar surface area (TPSA) is 38.5 Å². The molecule has 0 aliphatic carbocycles. The fraction of sp³-hybridized carbons (Fsp3) is 0.294. The molecule has 0 aliphatic heterocycles. The summed E-state index contributed by atoms with van der Waals surface area (Å²) >= 11 is 0. The predicted octanol–water partition coefficient (Wildman–Crippen LogP) is 3.64. The maximum absolute atomic E-state index is 11.1. The molecule has 0 heterocycles. The van der Waals surface area contributed by atoms with Gasteiger partial charge in [-0.15, -0.1) is 0 Å². The Kier molecular flexibility index (Phi) is 7.58. The Labute approximate surface area is 125 Å². The van der Waals surface area contributed by atoms with Crippen molar-refractivity contribution in [2.45, 2.75) is 13.3 Å². The summed E-state index contributed by atoms with van der Waals surface area (Å²) < 4.78 is 5.75. The van der Waals surface area contributed by atoms with Crippen molar-refractivity contribution in [3.05, 3.63) is 71.2 Å². The molecule has 0 fully saturated rings. The lowest BCUT2D eigenvalue weighted by Gasteiger charge is -2.08. The van der Waals surface area contributed by atoms with E-state index < -0.39 is 0 Å². The summed E-state index contributed by atoms with van der Waals surface area (Å²) in [5.41, 5.74) is 2.11. The molecule has 0 unspecified atom stereocenters. The molecule has 0 saturated carbocycles. The van der Waals surface area contributed by atoms with E-state index in [4.69, 9.17) is 4.74 Å². The van der Waals surface area contributed by atoms with E-state index in [1.165, 1.54) is 7.11 Å². The molecule has 0 N–H and O–H groups in total. The Morgan fingerprint density at radius 1 is 1.43 bits per heavy atom. The molecule has 0 spiro atoms. The highest BCUT2D eigenvalue weighted by atomic mass is 16.8. The van der Waals surface area contributed by atoms with Gasteiger partial charge in [-0.1, -0.05) is 43.0 Å². The zero-order valence-corrected chi connectivity index (χ0v) is 12.6. The Hall–Kier alpha value is -2.36. The highest BCUT2D eigenvalue weighted by molar-refractivity contribution is 5.30. The molecule has 0 bridgehead atoms. The third-order valence-electron chi connectivity index (χ3n) is 2.91. The van der Waals surface area contributed by atoms with Gasteiger partial charge < -0.3 is 4.74 Å². The van der Waals surface area contributed by atoms with Crippen LogP contribution < -0.4 is 4.74 Å². The zero-order chi connectivity index (χ0) is 15.5. The van der Waals surface area contributed by atoms with Gasteiger partial charge >= 0.3 is 0 Å². The zero-order valence-electron chi connectivity index (χ0n) is 12.6. The van der Waals surface area contributed by atoms with Gasteiger partial charge in [0.25, 0.3) is 6.54 Å². The van der Waals surface area contributed by atoms with Crippen LogP contribution in [-0.4, -0.2) is 25.2 Å². The highest BCUT2D eigenvalue weighted by Crippen LogP contribution is 2.15. The predicted molar refractivity (Wildman–Crippen MR) is 84.2 cm³/mol. The molecule has 0 aliphatic rings. The minimum Gasteiger partial charge on any atom is -0.489 e. The van der Waals surface area contributed by atoms with E-state index in [1.807, 2.05) is 49.4 Å². The molecular weight excluding hydrogens is 266 g/mol. The van der Waals surface area contributed by atoms with Gasteiger partial charge in [0.1, 0.15) is 12.4 Å². The monoisotopic (exact) mass is 288 g/mol. The standard InChI is InChI=1S/C17H22NO3/c1-4-6-8-15(5-2)14-21-17-10-7-9-16(13-17)11-12-18(19)20-3/h4-10,13H,1,11-12,14H2,2-3H3/q+1/b8-6-,15-5+. The summed E-state index contributed by atoms with van der Waals surface area (Å²) in [7, 11) is 1.36. The van der Waals surface area contributed by atoms with E-state index in [1.54, 1.807) is 6.08 Å². The Balaban J connectivity index is 2.58. The van der Waals surface area contributed by atoms with E-state index >= 15 is 0 Å². The van der Waals surface area contributed by atoms with Crippen LogP contribution >= 0.6 is 0 Å². The van der Waals surface area contributed by atoms with Crippen LogP contribution in [-0.2, 0) is 11.3 Å². The molecule has 4 heteroatoms.